The van der Waals surface area contributed by atoms with Crippen LogP contribution in [0, 0.1) is 0 Å². The van der Waals surface area contributed by atoms with E-state index in [1.54, 1.807) is 0 Å². The Balaban J connectivity index is 3.42. The van der Waals surface area contributed by atoms with Gasteiger partial charge in [0.25, 0.3) is 0 Å². The number of hydrogen-bond donors (Lipinski definition) is 2. The summed E-state index contributed by atoms with van der Waals surface area (Å²) in [5.41, 5.74) is 0. The molecule has 5 nitrogen and oxygen atoms in total. The van der Waals surface area contributed by atoms with Crippen LogP contribution in [-0.2, 0) is 26.9 Å². The van der Waals surface area contributed by atoms with Crippen LogP contribution >= 0.6 is 0 Å². The predicted octanol–water partition coefficient (Wildman–Crippen LogP) is -1.34. The minimum atomic E-state index is -5.29. The average Bonchev–Trinajstić information content (AvgIpc) is 1.59. The Hall–Kier alpha value is 0.168. The molecule has 0 aliphatic rings. The summed E-state index contributed by atoms with van der Waals surface area (Å²) in [6, 6.07) is 0. The molecule has 0 saturated heterocycles. The van der Waals surface area contributed by atoms with Crippen molar-refractivity contribution >= 4 is 0 Å². The fraction of sp³-hybridized carbons (Fsp3) is 1.00. The molecule has 0 rings (SSSR count). The van der Waals surface area contributed by atoms with Crippen molar-refractivity contribution in [1.82, 2.24) is 0 Å². The van der Waals surface area contributed by atoms with E-state index in [0.29, 0.717) is 0 Å². The van der Waals surface area contributed by atoms with Crippen molar-refractivity contribution in [2.24, 2.45) is 0 Å². The Labute approximate surface area is 49.6 Å². The minimum absolute atomic E-state index is 0.357. The third-order valence-corrected chi connectivity index (χ3v) is 1.47. The standard InChI is InChI=1S/C2H5O2.Mo.H2O.2O/c3-1-2-4;;;;/h3H,1-2H2;;1H2;;/q-1;+2;;;/p-1. The van der Waals surface area contributed by atoms with Crippen molar-refractivity contribution < 1.29 is 35.8 Å². The normalized spacial score (nSPS) is 11.8. The molecule has 0 radical (unpaired) electrons. The molecule has 0 aromatic carbocycles. The molecule has 0 aromatic heterocycles. The Morgan fingerprint density at radius 1 is 1.50 bits per heavy atom. The maximum absolute atomic E-state index is 9.72. The number of rotatable bonds is 3. The van der Waals surface area contributed by atoms with Gasteiger partial charge in [0.15, 0.2) is 0 Å². The molecule has 0 spiro atoms. The van der Waals surface area contributed by atoms with Crippen molar-refractivity contribution in [2.45, 2.75) is 0 Å². The third-order valence-electron chi connectivity index (χ3n) is 0.324. The van der Waals surface area contributed by atoms with E-state index in [4.69, 9.17) is 8.87 Å². The molecule has 0 saturated carbocycles. The molecular weight excluding hydrogens is 200 g/mol. The molecule has 0 fully saturated rings. The van der Waals surface area contributed by atoms with Crippen LogP contribution in [0.1, 0.15) is 0 Å². The topological polar surface area (TPSA) is 83.8 Å². The first-order chi connectivity index (χ1) is 3.56. The Morgan fingerprint density at radius 3 is 2.12 bits per heavy atom. The molecule has 0 atom stereocenters. The van der Waals surface area contributed by atoms with Gasteiger partial charge in [0.05, 0.1) is 0 Å². The number of aliphatic hydroxyl groups excluding tert-OH is 1. The van der Waals surface area contributed by atoms with Crippen molar-refractivity contribution in [1.29, 1.82) is 0 Å². The molecule has 0 amide bonds. The van der Waals surface area contributed by atoms with Gasteiger partial charge in [-0.2, -0.15) is 0 Å². The van der Waals surface area contributed by atoms with Crippen molar-refractivity contribution in [3.63, 3.8) is 0 Å². The average molecular weight is 206 g/mol. The zero-order valence-corrected chi connectivity index (χ0v) is 5.95. The Kier molecular flexibility index (Phi) is 3.31. The van der Waals surface area contributed by atoms with E-state index in [9.17, 15) is 6.80 Å². The third kappa shape index (κ3) is 6.17. The van der Waals surface area contributed by atoms with Crippen LogP contribution < -0.4 is 0 Å². The van der Waals surface area contributed by atoms with E-state index < -0.39 is 23.4 Å². The van der Waals surface area contributed by atoms with Gasteiger partial charge in [-0.3, -0.25) is 0 Å². The summed E-state index contributed by atoms with van der Waals surface area (Å²) in [7, 11) is 0. The number of aliphatic hydroxyl groups is 1. The first-order valence-corrected chi connectivity index (χ1v) is 5.14. The van der Waals surface area contributed by atoms with E-state index in [2.05, 4.69) is 3.39 Å². The monoisotopic (exact) mass is 208 g/mol. The summed E-state index contributed by atoms with van der Waals surface area (Å²) in [4.78, 5) is 0. The molecule has 2 N–H and O–H groups in total. The fourth-order valence-electron chi connectivity index (χ4n) is 0.143. The number of hydrogen-bond acceptors (Lipinski definition) is 4. The second-order valence-electron chi connectivity index (χ2n) is 0.973. The molecule has 0 aromatic rings. The van der Waals surface area contributed by atoms with E-state index in [1.807, 2.05) is 0 Å². The van der Waals surface area contributed by atoms with Crippen LogP contribution in [0.3, 0.4) is 0 Å². The van der Waals surface area contributed by atoms with Crippen molar-refractivity contribution in [3.8, 4) is 0 Å². The van der Waals surface area contributed by atoms with Gasteiger partial charge in [-0.15, -0.1) is 0 Å². The quantitative estimate of drug-likeness (QED) is 0.558. The van der Waals surface area contributed by atoms with Crippen LogP contribution in [0.4, 0.5) is 0 Å². The molecule has 0 heterocycles. The maximum atomic E-state index is 9.72. The van der Waals surface area contributed by atoms with Gasteiger partial charge >= 0.3 is 49.0 Å². The van der Waals surface area contributed by atoms with E-state index >= 15 is 0 Å². The summed E-state index contributed by atoms with van der Waals surface area (Å²) in [5.74, 6) is 0. The van der Waals surface area contributed by atoms with Crippen LogP contribution in [0.5, 0.6) is 0 Å². The summed E-state index contributed by atoms with van der Waals surface area (Å²) in [6.45, 7) is -0.761. The molecule has 50 valence electrons. The molecule has 0 bridgehead atoms. The van der Waals surface area contributed by atoms with Gasteiger partial charge in [0, 0.05) is 0 Å². The first kappa shape index (κ1) is 8.17. The zero-order chi connectivity index (χ0) is 6.62. The molecule has 8 heavy (non-hydrogen) atoms. The first-order valence-electron chi connectivity index (χ1n) is 1.79. The molecule has 6 heteroatoms. The summed E-state index contributed by atoms with van der Waals surface area (Å²) in [6.07, 6.45) is 0. The summed E-state index contributed by atoms with van der Waals surface area (Å²) >= 11 is -5.29. The Bertz CT molecular complexity index is 135. The second kappa shape index (κ2) is 3.24. The fourth-order valence-corrected chi connectivity index (χ4v) is 0.843. The van der Waals surface area contributed by atoms with Crippen LogP contribution in [0.2, 0.25) is 0 Å². The molecule has 0 aliphatic heterocycles. The van der Waals surface area contributed by atoms with Gasteiger partial charge in [-0.05, 0) is 0 Å². The van der Waals surface area contributed by atoms with Crippen molar-refractivity contribution in [2.75, 3.05) is 13.2 Å². The zero-order valence-electron chi connectivity index (χ0n) is 3.94. The van der Waals surface area contributed by atoms with Crippen molar-refractivity contribution in [3.05, 3.63) is 0 Å². The van der Waals surface area contributed by atoms with Gasteiger partial charge in [-0.25, -0.2) is 0 Å². The Morgan fingerprint density at radius 2 is 2.00 bits per heavy atom. The second-order valence-corrected chi connectivity index (χ2v) is 3.66. The molecule has 0 aliphatic carbocycles. The molecular formula is C2H6MoO5. The van der Waals surface area contributed by atoms with Gasteiger partial charge in [0.2, 0.25) is 0 Å². The van der Waals surface area contributed by atoms with E-state index in [0.717, 1.165) is 0 Å². The molecule has 0 unspecified atom stereocenters. The van der Waals surface area contributed by atoms with Gasteiger partial charge in [-0.1, -0.05) is 0 Å². The predicted molar refractivity (Wildman–Crippen MR) is 16.6 cm³/mol. The van der Waals surface area contributed by atoms with Crippen LogP contribution in [0.15, 0.2) is 0 Å². The van der Waals surface area contributed by atoms with Gasteiger partial charge in [0.1, 0.15) is 0 Å². The summed E-state index contributed by atoms with van der Waals surface area (Å²) in [5, 5.41) is 7.95. The van der Waals surface area contributed by atoms with Gasteiger partial charge < -0.3 is 0 Å². The van der Waals surface area contributed by atoms with E-state index in [1.165, 1.54) is 0 Å². The SMILES string of the molecule is [O]=[Mo](=[O])([OH])[O]CCO. The van der Waals surface area contributed by atoms with Crippen LogP contribution in [-0.4, -0.2) is 22.1 Å². The van der Waals surface area contributed by atoms with Crippen LogP contribution in [0.25, 0.3) is 0 Å². The van der Waals surface area contributed by atoms with E-state index in [-0.39, 0.29) is 6.61 Å². The summed E-state index contributed by atoms with van der Waals surface area (Å²) < 4.78 is 31.1.